The van der Waals surface area contributed by atoms with E-state index in [1.807, 2.05) is 37.3 Å². The van der Waals surface area contributed by atoms with Gasteiger partial charge >= 0.3 is 0 Å². The fourth-order valence-electron chi connectivity index (χ4n) is 2.29. The lowest BCUT2D eigenvalue weighted by Crippen LogP contribution is -2.24. The van der Waals surface area contributed by atoms with Gasteiger partial charge in [-0.15, -0.1) is 0 Å². The number of nitrogens with zero attached hydrogens (tertiary/aromatic N) is 2. The minimum absolute atomic E-state index is 0.229. The minimum Gasteiger partial charge on any atom is -0.497 e. The molecular formula is C18H17N3O2. The first kappa shape index (κ1) is 15.0. The van der Waals surface area contributed by atoms with Gasteiger partial charge in [0.2, 0.25) is 0 Å². The molecule has 0 spiro atoms. The van der Waals surface area contributed by atoms with Crippen molar-refractivity contribution in [1.82, 2.24) is 15.3 Å². The number of rotatable bonds is 4. The van der Waals surface area contributed by atoms with Crippen LogP contribution in [0.5, 0.6) is 5.75 Å². The van der Waals surface area contributed by atoms with Gasteiger partial charge in [0.25, 0.3) is 5.91 Å². The second kappa shape index (κ2) is 6.44. The van der Waals surface area contributed by atoms with E-state index in [0.29, 0.717) is 12.2 Å². The molecule has 0 fully saturated rings. The molecule has 116 valence electrons. The summed E-state index contributed by atoms with van der Waals surface area (Å²) in [6, 6.07) is 12.0. The lowest BCUT2D eigenvalue weighted by molar-refractivity contribution is 0.0945. The summed E-state index contributed by atoms with van der Waals surface area (Å²) in [5, 5.41) is 5.06. The molecule has 0 bridgehead atoms. The summed E-state index contributed by atoms with van der Waals surface area (Å²) in [4.78, 5) is 20.2. The van der Waals surface area contributed by atoms with Crippen LogP contribution in [0.15, 0.2) is 48.8 Å². The van der Waals surface area contributed by atoms with Gasteiger partial charge in [-0.2, -0.15) is 0 Å². The van der Waals surface area contributed by atoms with Gasteiger partial charge in [-0.25, -0.2) is 4.98 Å². The third kappa shape index (κ3) is 3.45. The topological polar surface area (TPSA) is 64.1 Å². The van der Waals surface area contributed by atoms with Gasteiger partial charge in [0, 0.05) is 12.7 Å². The first-order valence-electron chi connectivity index (χ1n) is 7.29. The van der Waals surface area contributed by atoms with E-state index in [0.717, 1.165) is 27.8 Å². The monoisotopic (exact) mass is 307 g/mol. The minimum atomic E-state index is -0.229. The molecule has 23 heavy (non-hydrogen) atoms. The molecule has 3 rings (SSSR count). The molecule has 0 aliphatic heterocycles. The van der Waals surface area contributed by atoms with Crippen LogP contribution >= 0.6 is 0 Å². The third-order valence-corrected chi connectivity index (χ3v) is 3.58. The van der Waals surface area contributed by atoms with Gasteiger partial charge in [0.15, 0.2) is 0 Å². The van der Waals surface area contributed by atoms with E-state index >= 15 is 0 Å². The van der Waals surface area contributed by atoms with Crippen molar-refractivity contribution < 1.29 is 9.53 Å². The highest BCUT2D eigenvalue weighted by Gasteiger charge is 2.07. The Hall–Kier alpha value is -2.95. The van der Waals surface area contributed by atoms with Gasteiger partial charge in [-0.3, -0.25) is 9.78 Å². The third-order valence-electron chi connectivity index (χ3n) is 3.58. The van der Waals surface area contributed by atoms with Crippen LogP contribution in [0.1, 0.15) is 21.7 Å². The molecule has 1 N–H and O–H groups in total. The number of aryl methyl sites for hydroxylation is 1. The van der Waals surface area contributed by atoms with E-state index in [4.69, 9.17) is 4.74 Å². The molecule has 0 radical (unpaired) electrons. The Morgan fingerprint density at radius 2 is 1.87 bits per heavy atom. The smallest absolute Gasteiger partial charge is 0.271 e. The molecule has 0 atom stereocenters. The summed E-state index contributed by atoms with van der Waals surface area (Å²) in [5.74, 6) is 0.601. The Morgan fingerprint density at radius 3 is 2.61 bits per heavy atom. The average Bonchev–Trinajstić information content (AvgIpc) is 2.59. The van der Waals surface area contributed by atoms with Crippen molar-refractivity contribution >= 4 is 16.7 Å². The van der Waals surface area contributed by atoms with Crippen molar-refractivity contribution in [3.8, 4) is 5.75 Å². The zero-order valence-corrected chi connectivity index (χ0v) is 13.0. The number of nitrogens with one attached hydrogen (secondary N) is 1. The maximum Gasteiger partial charge on any atom is 0.271 e. The standard InChI is InChI=1S/C18H17N3O2/c1-12-9-20-17(11-19-12)18(22)21-10-13-3-4-15-8-16(23-2)6-5-14(15)7-13/h3-9,11H,10H2,1-2H3,(H,21,22). The molecule has 5 nitrogen and oxygen atoms in total. The Labute approximate surface area is 134 Å². The number of aromatic nitrogens is 2. The molecule has 1 aromatic heterocycles. The van der Waals surface area contributed by atoms with Crippen LogP contribution in [0.2, 0.25) is 0 Å². The number of methoxy groups -OCH3 is 1. The molecule has 1 amide bonds. The number of fused-ring (bicyclic) bond motifs is 1. The highest BCUT2D eigenvalue weighted by Crippen LogP contribution is 2.21. The number of amides is 1. The van der Waals surface area contributed by atoms with E-state index in [2.05, 4.69) is 21.4 Å². The van der Waals surface area contributed by atoms with Crippen LogP contribution < -0.4 is 10.1 Å². The predicted molar refractivity (Wildman–Crippen MR) is 88.4 cm³/mol. The van der Waals surface area contributed by atoms with Crippen molar-refractivity contribution in [1.29, 1.82) is 0 Å². The second-order valence-electron chi connectivity index (χ2n) is 5.27. The number of ether oxygens (including phenoxy) is 1. The first-order valence-corrected chi connectivity index (χ1v) is 7.29. The van der Waals surface area contributed by atoms with Crippen LogP contribution in [-0.4, -0.2) is 23.0 Å². The number of benzene rings is 2. The van der Waals surface area contributed by atoms with Gasteiger partial charge in [0.05, 0.1) is 19.0 Å². The van der Waals surface area contributed by atoms with Crippen molar-refractivity contribution in [3.63, 3.8) is 0 Å². The summed E-state index contributed by atoms with van der Waals surface area (Å²) < 4.78 is 5.22. The van der Waals surface area contributed by atoms with E-state index < -0.39 is 0 Å². The lowest BCUT2D eigenvalue weighted by atomic mass is 10.1. The van der Waals surface area contributed by atoms with Gasteiger partial charge in [0.1, 0.15) is 11.4 Å². The highest BCUT2D eigenvalue weighted by molar-refractivity contribution is 5.92. The van der Waals surface area contributed by atoms with Crippen molar-refractivity contribution in [3.05, 3.63) is 65.7 Å². The molecule has 5 heteroatoms. The molecule has 3 aromatic rings. The fourth-order valence-corrected chi connectivity index (χ4v) is 2.29. The molecule has 0 unspecified atom stereocenters. The van der Waals surface area contributed by atoms with E-state index in [1.165, 1.54) is 6.20 Å². The van der Waals surface area contributed by atoms with Crippen LogP contribution in [0, 0.1) is 6.92 Å². The van der Waals surface area contributed by atoms with Gasteiger partial charge in [-0.05, 0) is 41.5 Å². The predicted octanol–water partition coefficient (Wildman–Crippen LogP) is 2.88. The lowest BCUT2D eigenvalue weighted by Gasteiger charge is -2.07. The fraction of sp³-hybridized carbons (Fsp3) is 0.167. The molecule has 0 aliphatic rings. The zero-order chi connectivity index (χ0) is 16.2. The SMILES string of the molecule is COc1ccc2cc(CNC(=O)c3cnc(C)cn3)ccc2c1. The summed E-state index contributed by atoms with van der Waals surface area (Å²) in [5.41, 5.74) is 2.13. The van der Waals surface area contributed by atoms with Crippen LogP contribution in [0.3, 0.4) is 0 Å². The molecular weight excluding hydrogens is 290 g/mol. The molecule has 0 aliphatic carbocycles. The van der Waals surface area contributed by atoms with Gasteiger partial charge < -0.3 is 10.1 Å². The summed E-state index contributed by atoms with van der Waals surface area (Å²) in [6.45, 7) is 2.27. The van der Waals surface area contributed by atoms with Crippen molar-refractivity contribution in [2.75, 3.05) is 7.11 Å². The van der Waals surface area contributed by atoms with Crippen molar-refractivity contribution in [2.45, 2.75) is 13.5 Å². The Kier molecular flexibility index (Phi) is 4.19. The van der Waals surface area contributed by atoms with E-state index in [1.54, 1.807) is 13.3 Å². The normalized spacial score (nSPS) is 10.5. The average molecular weight is 307 g/mol. The molecule has 0 saturated carbocycles. The second-order valence-corrected chi connectivity index (χ2v) is 5.27. The maximum absolute atomic E-state index is 12.0. The number of carbonyl (C=O) groups excluding carboxylic acids is 1. The van der Waals surface area contributed by atoms with E-state index in [-0.39, 0.29) is 5.91 Å². The summed E-state index contributed by atoms with van der Waals surface area (Å²) >= 11 is 0. The zero-order valence-electron chi connectivity index (χ0n) is 13.0. The quantitative estimate of drug-likeness (QED) is 0.805. The Bertz CT molecular complexity index is 845. The number of hydrogen-bond acceptors (Lipinski definition) is 4. The molecule has 0 saturated heterocycles. The number of carbonyl (C=O) groups is 1. The summed E-state index contributed by atoms with van der Waals surface area (Å²) in [7, 11) is 1.65. The van der Waals surface area contributed by atoms with E-state index in [9.17, 15) is 4.79 Å². The largest absolute Gasteiger partial charge is 0.497 e. The Balaban J connectivity index is 1.71. The number of hydrogen-bond donors (Lipinski definition) is 1. The van der Waals surface area contributed by atoms with Crippen LogP contribution in [0.25, 0.3) is 10.8 Å². The first-order chi connectivity index (χ1) is 11.2. The highest BCUT2D eigenvalue weighted by atomic mass is 16.5. The van der Waals surface area contributed by atoms with Gasteiger partial charge in [-0.1, -0.05) is 18.2 Å². The summed E-state index contributed by atoms with van der Waals surface area (Å²) in [6.07, 6.45) is 3.07. The van der Waals surface area contributed by atoms with Crippen molar-refractivity contribution in [2.24, 2.45) is 0 Å². The molecule has 1 heterocycles. The van der Waals surface area contributed by atoms with Crippen LogP contribution in [-0.2, 0) is 6.54 Å². The molecule has 2 aromatic carbocycles. The maximum atomic E-state index is 12.0. The van der Waals surface area contributed by atoms with Crippen LogP contribution in [0.4, 0.5) is 0 Å². The Morgan fingerprint density at radius 1 is 1.09 bits per heavy atom.